The number of rotatable bonds is 8. The number of carbonyl (C=O) groups is 1. The second kappa shape index (κ2) is 7.58. The maximum Gasteiger partial charge on any atom is 0.344 e. The molecule has 1 N–H and O–H groups in total. The third kappa shape index (κ3) is 4.65. The second-order valence-electron chi connectivity index (χ2n) is 3.99. The molecule has 0 aliphatic heterocycles. The Morgan fingerprint density at radius 1 is 1.33 bits per heavy atom. The van der Waals surface area contributed by atoms with Crippen molar-refractivity contribution < 1.29 is 19.4 Å². The SMILES string of the molecule is CCCCC(Oc1cccc(OCC)c1)C(=O)O. The highest BCUT2D eigenvalue weighted by Crippen LogP contribution is 2.21. The topological polar surface area (TPSA) is 55.8 Å². The van der Waals surface area contributed by atoms with Gasteiger partial charge < -0.3 is 14.6 Å². The molecule has 0 radical (unpaired) electrons. The molecule has 0 saturated heterocycles. The number of carboxylic acids is 1. The Labute approximate surface area is 108 Å². The molecule has 0 spiro atoms. The van der Waals surface area contributed by atoms with E-state index in [1.54, 1.807) is 18.2 Å². The smallest absolute Gasteiger partial charge is 0.344 e. The van der Waals surface area contributed by atoms with Crippen LogP contribution in [0.5, 0.6) is 11.5 Å². The summed E-state index contributed by atoms with van der Waals surface area (Å²) in [5.74, 6) is 0.296. The lowest BCUT2D eigenvalue weighted by atomic mass is 10.1. The molecule has 4 heteroatoms. The minimum absolute atomic E-state index is 0.519. The number of ether oxygens (including phenoxy) is 2. The van der Waals surface area contributed by atoms with E-state index in [4.69, 9.17) is 14.6 Å². The van der Waals surface area contributed by atoms with Crippen molar-refractivity contribution in [2.45, 2.75) is 39.2 Å². The number of unbranched alkanes of at least 4 members (excludes halogenated alkanes) is 1. The number of carboxylic acid groups (broad SMARTS) is 1. The van der Waals surface area contributed by atoms with Gasteiger partial charge in [-0.25, -0.2) is 4.79 Å². The molecule has 0 saturated carbocycles. The molecule has 0 amide bonds. The van der Waals surface area contributed by atoms with Gasteiger partial charge in [-0.3, -0.25) is 0 Å². The number of benzene rings is 1. The Morgan fingerprint density at radius 3 is 2.67 bits per heavy atom. The fourth-order valence-electron chi connectivity index (χ4n) is 1.59. The van der Waals surface area contributed by atoms with E-state index in [9.17, 15) is 4.79 Å². The summed E-state index contributed by atoms with van der Waals surface area (Å²) >= 11 is 0. The van der Waals surface area contributed by atoms with E-state index >= 15 is 0 Å². The predicted octanol–water partition coefficient (Wildman–Crippen LogP) is 3.11. The quantitative estimate of drug-likeness (QED) is 0.772. The fourth-order valence-corrected chi connectivity index (χ4v) is 1.59. The molecule has 18 heavy (non-hydrogen) atoms. The lowest BCUT2D eigenvalue weighted by molar-refractivity contribution is -0.145. The van der Waals surface area contributed by atoms with Crippen molar-refractivity contribution in [2.24, 2.45) is 0 Å². The molecule has 0 aliphatic rings. The van der Waals surface area contributed by atoms with Gasteiger partial charge >= 0.3 is 5.97 Å². The average molecular weight is 252 g/mol. The van der Waals surface area contributed by atoms with E-state index in [-0.39, 0.29) is 0 Å². The average Bonchev–Trinajstić information content (AvgIpc) is 2.35. The Morgan fingerprint density at radius 2 is 2.06 bits per heavy atom. The lowest BCUT2D eigenvalue weighted by Gasteiger charge is -2.15. The molecule has 1 atom stereocenters. The van der Waals surface area contributed by atoms with Crippen LogP contribution in [0.4, 0.5) is 0 Å². The summed E-state index contributed by atoms with van der Waals surface area (Å²) in [6.07, 6.45) is 1.51. The van der Waals surface area contributed by atoms with Gasteiger partial charge in [-0.1, -0.05) is 19.4 Å². The Bertz CT molecular complexity index is 376. The maximum absolute atomic E-state index is 11.1. The highest BCUT2D eigenvalue weighted by Gasteiger charge is 2.18. The summed E-state index contributed by atoms with van der Waals surface area (Å²) in [5, 5.41) is 9.08. The van der Waals surface area contributed by atoms with E-state index in [0.29, 0.717) is 24.5 Å². The summed E-state index contributed by atoms with van der Waals surface area (Å²) in [6.45, 7) is 4.49. The minimum atomic E-state index is -0.926. The van der Waals surface area contributed by atoms with Crippen LogP contribution in [-0.2, 0) is 4.79 Å². The van der Waals surface area contributed by atoms with E-state index in [1.807, 2.05) is 19.9 Å². The van der Waals surface area contributed by atoms with Crippen LogP contribution in [0, 0.1) is 0 Å². The third-order valence-electron chi connectivity index (χ3n) is 2.49. The van der Waals surface area contributed by atoms with Crippen molar-refractivity contribution in [1.29, 1.82) is 0 Å². The first kappa shape index (κ1) is 14.4. The van der Waals surface area contributed by atoms with Gasteiger partial charge in [0.05, 0.1) is 6.61 Å². The summed E-state index contributed by atoms with van der Waals surface area (Å²) in [4.78, 5) is 11.1. The van der Waals surface area contributed by atoms with Crippen molar-refractivity contribution in [2.75, 3.05) is 6.61 Å². The van der Waals surface area contributed by atoms with Gasteiger partial charge in [-0.15, -0.1) is 0 Å². The third-order valence-corrected chi connectivity index (χ3v) is 2.49. The molecule has 1 rings (SSSR count). The van der Waals surface area contributed by atoms with Crippen molar-refractivity contribution in [3.8, 4) is 11.5 Å². The van der Waals surface area contributed by atoms with Crippen molar-refractivity contribution in [3.05, 3.63) is 24.3 Å². The molecule has 0 bridgehead atoms. The lowest BCUT2D eigenvalue weighted by Crippen LogP contribution is -2.26. The van der Waals surface area contributed by atoms with E-state index in [1.165, 1.54) is 0 Å². The highest BCUT2D eigenvalue weighted by molar-refractivity contribution is 5.72. The Balaban J connectivity index is 2.67. The molecule has 0 fully saturated rings. The normalized spacial score (nSPS) is 11.9. The van der Waals surface area contributed by atoms with E-state index in [0.717, 1.165) is 12.8 Å². The molecule has 100 valence electrons. The Kier molecular flexibility index (Phi) is 6.05. The minimum Gasteiger partial charge on any atom is -0.494 e. The highest BCUT2D eigenvalue weighted by atomic mass is 16.5. The van der Waals surface area contributed by atoms with Crippen molar-refractivity contribution in [1.82, 2.24) is 0 Å². The zero-order valence-electron chi connectivity index (χ0n) is 10.9. The van der Waals surface area contributed by atoms with Gasteiger partial charge in [0, 0.05) is 6.07 Å². The summed E-state index contributed by atoms with van der Waals surface area (Å²) in [6, 6.07) is 7.06. The second-order valence-corrected chi connectivity index (χ2v) is 3.99. The van der Waals surface area contributed by atoms with Gasteiger partial charge in [0.1, 0.15) is 11.5 Å². The van der Waals surface area contributed by atoms with Crippen LogP contribution in [0.1, 0.15) is 33.1 Å². The van der Waals surface area contributed by atoms with Crippen LogP contribution < -0.4 is 9.47 Å². The Hall–Kier alpha value is -1.71. The number of aliphatic carboxylic acids is 1. The zero-order chi connectivity index (χ0) is 13.4. The predicted molar refractivity (Wildman–Crippen MR) is 69.2 cm³/mol. The van der Waals surface area contributed by atoms with Gasteiger partial charge in [-0.05, 0) is 31.9 Å². The molecule has 0 heterocycles. The molecule has 1 unspecified atom stereocenters. The van der Waals surface area contributed by atoms with Crippen LogP contribution in [0.15, 0.2) is 24.3 Å². The van der Waals surface area contributed by atoms with Crippen LogP contribution in [0.2, 0.25) is 0 Å². The fraction of sp³-hybridized carbons (Fsp3) is 0.500. The first-order chi connectivity index (χ1) is 8.67. The molecule has 1 aromatic carbocycles. The van der Waals surface area contributed by atoms with Gasteiger partial charge in [0.2, 0.25) is 0 Å². The van der Waals surface area contributed by atoms with Crippen molar-refractivity contribution >= 4 is 5.97 Å². The number of hydrogen-bond donors (Lipinski definition) is 1. The molecule has 0 aromatic heterocycles. The summed E-state index contributed by atoms with van der Waals surface area (Å²) in [7, 11) is 0. The van der Waals surface area contributed by atoms with Crippen LogP contribution >= 0.6 is 0 Å². The number of hydrogen-bond acceptors (Lipinski definition) is 3. The molecule has 4 nitrogen and oxygen atoms in total. The first-order valence-electron chi connectivity index (χ1n) is 6.29. The van der Waals surface area contributed by atoms with Crippen LogP contribution in [-0.4, -0.2) is 23.8 Å². The van der Waals surface area contributed by atoms with Gasteiger partial charge in [-0.2, -0.15) is 0 Å². The zero-order valence-corrected chi connectivity index (χ0v) is 10.9. The molecule has 1 aromatic rings. The first-order valence-corrected chi connectivity index (χ1v) is 6.29. The van der Waals surface area contributed by atoms with Gasteiger partial charge in [0.25, 0.3) is 0 Å². The maximum atomic E-state index is 11.1. The van der Waals surface area contributed by atoms with E-state index < -0.39 is 12.1 Å². The van der Waals surface area contributed by atoms with Gasteiger partial charge in [0.15, 0.2) is 6.10 Å². The molecule has 0 aliphatic carbocycles. The standard InChI is InChI=1S/C14H20O4/c1-3-5-9-13(14(15)16)18-12-8-6-7-11(10-12)17-4-2/h6-8,10,13H,3-5,9H2,1-2H3,(H,15,16). The molecular formula is C14H20O4. The van der Waals surface area contributed by atoms with Crippen molar-refractivity contribution in [3.63, 3.8) is 0 Å². The van der Waals surface area contributed by atoms with E-state index in [2.05, 4.69) is 0 Å². The summed E-state index contributed by atoms with van der Waals surface area (Å²) in [5.41, 5.74) is 0. The largest absolute Gasteiger partial charge is 0.494 e. The van der Waals surface area contributed by atoms with Crippen LogP contribution in [0.3, 0.4) is 0 Å². The molecular weight excluding hydrogens is 232 g/mol. The summed E-state index contributed by atoms with van der Waals surface area (Å²) < 4.78 is 10.8. The van der Waals surface area contributed by atoms with Crippen LogP contribution in [0.25, 0.3) is 0 Å². The monoisotopic (exact) mass is 252 g/mol.